The number of fused-ring (bicyclic) bond motifs is 1. The van der Waals surface area contributed by atoms with E-state index in [-0.39, 0.29) is 18.5 Å². The van der Waals surface area contributed by atoms with E-state index in [1.165, 1.54) is 15.9 Å². The SMILES string of the molecule is CCc1nc2scc(-c3ccco3)c2c(=O)n1CCC(=O)O. The number of carbonyl (C=O) groups is 1. The lowest BCUT2D eigenvalue weighted by Crippen LogP contribution is -2.26. The third-order valence-corrected chi connectivity index (χ3v) is 4.30. The summed E-state index contributed by atoms with van der Waals surface area (Å²) in [6, 6.07) is 3.55. The molecule has 3 rings (SSSR count). The quantitative estimate of drug-likeness (QED) is 0.782. The van der Waals surface area contributed by atoms with Crippen LogP contribution in [0.15, 0.2) is 33.0 Å². The van der Waals surface area contributed by atoms with Crippen LogP contribution in [0.3, 0.4) is 0 Å². The maximum atomic E-state index is 12.8. The predicted octanol–water partition coefficient (Wildman–Crippen LogP) is 2.76. The summed E-state index contributed by atoms with van der Waals surface area (Å²) in [5.41, 5.74) is 0.491. The van der Waals surface area contributed by atoms with Gasteiger partial charge in [-0.2, -0.15) is 0 Å². The molecule has 0 aliphatic heterocycles. The molecule has 0 spiro atoms. The highest BCUT2D eigenvalue weighted by molar-refractivity contribution is 7.17. The van der Waals surface area contributed by atoms with Crippen LogP contribution < -0.4 is 5.56 Å². The van der Waals surface area contributed by atoms with Crippen molar-refractivity contribution in [2.75, 3.05) is 0 Å². The number of hydrogen-bond donors (Lipinski definition) is 1. The Kier molecular flexibility index (Phi) is 3.81. The first kappa shape index (κ1) is 14.5. The van der Waals surface area contributed by atoms with Crippen molar-refractivity contribution in [3.63, 3.8) is 0 Å². The van der Waals surface area contributed by atoms with Crippen LogP contribution in [-0.4, -0.2) is 20.6 Å². The highest BCUT2D eigenvalue weighted by Gasteiger charge is 2.17. The van der Waals surface area contributed by atoms with Crippen molar-refractivity contribution < 1.29 is 14.3 Å². The molecule has 22 heavy (non-hydrogen) atoms. The number of aryl methyl sites for hydroxylation is 1. The van der Waals surface area contributed by atoms with Crippen molar-refractivity contribution in [3.8, 4) is 11.3 Å². The molecule has 0 atom stereocenters. The fourth-order valence-corrected chi connectivity index (χ4v) is 3.32. The molecule has 3 aromatic heterocycles. The highest BCUT2D eigenvalue weighted by Crippen LogP contribution is 2.31. The summed E-state index contributed by atoms with van der Waals surface area (Å²) in [5.74, 6) is 0.274. The molecule has 0 aliphatic rings. The first-order chi connectivity index (χ1) is 10.6. The smallest absolute Gasteiger partial charge is 0.305 e. The summed E-state index contributed by atoms with van der Waals surface area (Å²) < 4.78 is 6.83. The molecule has 0 saturated carbocycles. The van der Waals surface area contributed by atoms with E-state index in [0.29, 0.717) is 33.8 Å². The Labute approximate surface area is 129 Å². The van der Waals surface area contributed by atoms with Gasteiger partial charge in [0.1, 0.15) is 16.4 Å². The third kappa shape index (κ3) is 2.43. The second-order valence-corrected chi connectivity index (χ2v) is 5.65. The Bertz CT molecular complexity index is 877. The van der Waals surface area contributed by atoms with Gasteiger partial charge in [0.05, 0.1) is 18.1 Å². The maximum absolute atomic E-state index is 12.8. The van der Waals surface area contributed by atoms with E-state index in [1.807, 2.05) is 12.3 Å². The fourth-order valence-electron chi connectivity index (χ4n) is 2.39. The van der Waals surface area contributed by atoms with Crippen molar-refractivity contribution in [2.45, 2.75) is 26.3 Å². The minimum absolute atomic E-state index is 0.111. The molecule has 0 unspecified atom stereocenters. The van der Waals surface area contributed by atoms with Crippen LogP contribution in [0.25, 0.3) is 21.5 Å². The molecule has 0 saturated heterocycles. The molecule has 6 nitrogen and oxygen atoms in total. The van der Waals surface area contributed by atoms with Gasteiger partial charge >= 0.3 is 5.97 Å². The minimum atomic E-state index is -0.939. The van der Waals surface area contributed by atoms with Crippen molar-refractivity contribution in [2.24, 2.45) is 0 Å². The third-order valence-electron chi connectivity index (χ3n) is 3.42. The summed E-state index contributed by atoms with van der Waals surface area (Å²) in [4.78, 5) is 28.8. The van der Waals surface area contributed by atoms with E-state index in [9.17, 15) is 9.59 Å². The maximum Gasteiger partial charge on any atom is 0.305 e. The Morgan fingerprint density at radius 1 is 1.50 bits per heavy atom. The monoisotopic (exact) mass is 318 g/mol. The standard InChI is InChI=1S/C15H14N2O4S/c1-2-11-16-14-13(15(20)17(11)6-5-12(18)19)9(8-22-14)10-4-3-7-21-10/h3-4,7-8H,2,5-6H2,1H3,(H,18,19). The Balaban J connectivity index is 2.21. The van der Waals surface area contributed by atoms with E-state index in [4.69, 9.17) is 9.52 Å². The summed E-state index contributed by atoms with van der Waals surface area (Å²) in [6.45, 7) is 2.01. The molecule has 0 aromatic carbocycles. The molecule has 0 radical (unpaired) electrons. The molecule has 0 fully saturated rings. The van der Waals surface area contributed by atoms with Gasteiger partial charge in [0.2, 0.25) is 0 Å². The summed E-state index contributed by atoms with van der Waals surface area (Å²) in [7, 11) is 0. The van der Waals surface area contributed by atoms with Crippen molar-refractivity contribution in [1.82, 2.24) is 9.55 Å². The van der Waals surface area contributed by atoms with Crippen molar-refractivity contribution in [1.29, 1.82) is 0 Å². The van der Waals surface area contributed by atoms with Crippen LogP contribution in [0.2, 0.25) is 0 Å². The van der Waals surface area contributed by atoms with Gasteiger partial charge in [-0.15, -0.1) is 11.3 Å². The topological polar surface area (TPSA) is 85.3 Å². The lowest BCUT2D eigenvalue weighted by atomic mass is 10.2. The van der Waals surface area contributed by atoms with Crippen LogP contribution >= 0.6 is 11.3 Å². The van der Waals surface area contributed by atoms with Crippen LogP contribution in [0.1, 0.15) is 19.2 Å². The lowest BCUT2D eigenvalue weighted by Gasteiger charge is -2.10. The van der Waals surface area contributed by atoms with Gasteiger partial charge in [-0.05, 0) is 12.1 Å². The number of rotatable bonds is 5. The number of hydrogen-bond acceptors (Lipinski definition) is 5. The van der Waals surface area contributed by atoms with Gasteiger partial charge < -0.3 is 9.52 Å². The number of aliphatic carboxylic acids is 1. The fraction of sp³-hybridized carbons (Fsp3) is 0.267. The zero-order chi connectivity index (χ0) is 15.7. The van der Waals surface area contributed by atoms with E-state index in [1.54, 1.807) is 18.4 Å². The molecular formula is C15H14N2O4S. The first-order valence-electron chi connectivity index (χ1n) is 6.88. The molecule has 3 heterocycles. The predicted molar refractivity (Wildman–Crippen MR) is 83.2 cm³/mol. The summed E-state index contributed by atoms with van der Waals surface area (Å²) >= 11 is 1.39. The van der Waals surface area contributed by atoms with Gasteiger partial charge in [0.25, 0.3) is 5.56 Å². The second-order valence-electron chi connectivity index (χ2n) is 4.79. The minimum Gasteiger partial charge on any atom is -0.481 e. The van der Waals surface area contributed by atoms with Gasteiger partial charge in [-0.25, -0.2) is 4.98 Å². The number of aromatic nitrogens is 2. The number of carboxylic acid groups (broad SMARTS) is 1. The largest absolute Gasteiger partial charge is 0.481 e. The normalized spacial score (nSPS) is 11.1. The molecular weight excluding hydrogens is 304 g/mol. The zero-order valence-electron chi connectivity index (χ0n) is 11.9. The van der Waals surface area contributed by atoms with Gasteiger partial charge in [-0.1, -0.05) is 6.92 Å². The van der Waals surface area contributed by atoms with E-state index >= 15 is 0 Å². The Hall–Kier alpha value is -2.41. The molecule has 7 heteroatoms. The average molecular weight is 318 g/mol. The molecule has 0 aliphatic carbocycles. The second kappa shape index (κ2) is 5.76. The van der Waals surface area contributed by atoms with E-state index in [2.05, 4.69) is 4.98 Å². The first-order valence-corrected chi connectivity index (χ1v) is 7.76. The molecule has 1 N–H and O–H groups in total. The van der Waals surface area contributed by atoms with E-state index in [0.717, 1.165) is 0 Å². The average Bonchev–Trinajstić information content (AvgIpc) is 3.14. The van der Waals surface area contributed by atoms with Crippen molar-refractivity contribution >= 4 is 27.5 Å². The molecule has 114 valence electrons. The lowest BCUT2D eigenvalue weighted by molar-refractivity contribution is -0.137. The van der Waals surface area contributed by atoms with E-state index < -0.39 is 5.97 Å². The molecule has 0 amide bonds. The summed E-state index contributed by atoms with van der Waals surface area (Å²) in [6.07, 6.45) is 2.01. The molecule has 0 bridgehead atoms. The molecule has 3 aromatic rings. The Morgan fingerprint density at radius 3 is 2.95 bits per heavy atom. The number of carboxylic acids is 1. The Morgan fingerprint density at radius 2 is 2.32 bits per heavy atom. The van der Waals surface area contributed by atoms with Crippen LogP contribution in [0, 0.1) is 0 Å². The van der Waals surface area contributed by atoms with Crippen LogP contribution in [-0.2, 0) is 17.8 Å². The zero-order valence-corrected chi connectivity index (χ0v) is 12.7. The van der Waals surface area contributed by atoms with Crippen LogP contribution in [0.5, 0.6) is 0 Å². The number of furan rings is 1. The van der Waals surface area contributed by atoms with Gasteiger partial charge in [-0.3, -0.25) is 14.2 Å². The van der Waals surface area contributed by atoms with Crippen LogP contribution in [0.4, 0.5) is 0 Å². The number of thiophene rings is 1. The van der Waals surface area contributed by atoms with Gasteiger partial charge in [0, 0.05) is 23.9 Å². The van der Waals surface area contributed by atoms with Crippen molar-refractivity contribution in [3.05, 3.63) is 40.0 Å². The highest BCUT2D eigenvalue weighted by atomic mass is 32.1. The number of nitrogens with zero attached hydrogens (tertiary/aromatic N) is 2. The van der Waals surface area contributed by atoms with Gasteiger partial charge in [0.15, 0.2) is 0 Å². The summed E-state index contributed by atoms with van der Waals surface area (Å²) in [5, 5.41) is 11.2.